The first-order valence-corrected chi connectivity index (χ1v) is 13.1. The Balaban J connectivity index is 1.82. The number of benzene rings is 2. The van der Waals surface area contributed by atoms with E-state index in [1.807, 2.05) is 34.6 Å². The van der Waals surface area contributed by atoms with E-state index in [1.54, 1.807) is 43.5 Å². The minimum absolute atomic E-state index is 0.00847. The van der Waals surface area contributed by atoms with Crippen molar-refractivity contribution in [3.05, 3.63) is 95.8 Å². The Hall–Kier alpha value is -3.92. The summed E-state index contributed by atoms with van der Waals surface area (Å²) in [6, 6.07) is 8.71. The third-order valence-electron chi connectivity index (χ3n) is 5.79. The molecule has 2 aromatic carbocycles. The van der Waals surface area contributed by atoms with E-state index >= 15 is 0 Å². The zero-order valence-electron chi connectivity index (χ0n) is 22.9. The van der Waals surface area contributed by atoms with Gasteiger partial charge < -0.3 is 14.2 Å². The number of aryl methyl sites for hydroxylation is 2. The van der Waals surface area contributed by atoms with Crippen molar-refractivity contribution in [1.82, 2.24) is 14.8 Å². The Morgan fingerprint density at radius 3 is 2.38 bits per heavy atom. The molecule has 0 aliphatic carbocycles. The van der Waals surface area contributed by atoms with Crippen LogP contribution in [0.1, 0.15) is 55.2 Å². The number of carbonyl (C=O) groups excluding carboxylic acids is 1. The van der Waals surface area contributed by atoms with E-state index in [-0.39, 0.29) is 6.61 Å². The van der Waals surface area contributed by atoms with Crippen molar-refractivity contribution >= 4 is 21.9 Å². The van der Waals surface area contributed by atoms with Crippen molar-refractivity contribution in [2.75, 3.05) is 13.7 Å². The average Bonchev–Trinajstić information content (AvgIpc) is 2.86. The van der Waals surface area contributed by atoms with Gasteiger partial charge in [0.15, 0.2) is 0 Å². The minimum atomic E-state index is -0.920. The number of rotatable bonds is 10. The van der Waals surface area contributed by atoms with Gasteiger partial charge in [0.1, 0.15) is 23.9 Å². The average molecular weight is 598 g/mol. The summed E-state index contributed by atoms with van der Waals surface area (Å²) >= 11 is 3.45. The number of aromatic amines is 1. The van der Waals surface area contributed by atoms with E-state index in [4.69, 9.17) is 14.2 Å². The van der Waals surface area contributed by atoms with Crippen molar-refractivity contribution in [2.24, 2.45) is 0 Å². The second-order valence-corrected chi connectivity index (χ2v) is 10.2. The maximum absolute atomic E-state index is 12.6. The number of nitrogens with one attached hydrogen (secondary N) is 1. The molecule has 1 aromatic heterocycles. The Morgan fingerprint density at radius 2 is 1.77 bits per heavy atom. The van der Waals surface area contributed by atoms with Crippen molar-refractivity contribution in [3.63, 3.8) is 0 Å². The molecule has 0 saturated heterocycles. The molecule has 3 rings (SSSR count). The Labute approximate surface area is 235 Å². The lowest BCUT2D eigenvalue weighted by Gasteiger charge is -2.15. The minimum Gasteiger partial charge on any atom is -0.496 e. The fourth-order valence-electron chi connectivity index (χ4n) is 3.77. The van der Waals surface area contributed by atoms with Crippen LogP contribution in [-0.4, -0.2) is 34.5 Å². The fraction of sp³-hybridized carbons (Fsp3) is 0.310. The van der Waals surface area contributed by atoms with Gasteiger partial charge in [-0.3, -0.25) is 9.78 Å². The van der Waals surface area contributed by atoms with Crippen molar-refractivity contribution in [2.45, 2.75) is 47.5 Å². The van der Waals surface area contributed by atoms with Crippen LogP contribution in [0.3, 0.4) is 0 Å². The van der Waals surface area contributed by atoms with Crippen LogP contribution in [0.4, 0.5) is 0 Å². The van der Waals surface area contributed by atoms with Crippen molar-refractivity contribution in [3.8, 4) is 22.9 Å². The highest BCUT2D eigenvalue weighted by molar-refractivity contribution is 9.10. The van der Waals surface area contributed by atoms with Gasteiger partial charge in [0.2, 0.25) is 5.69 Å². The molecule has 0 spiro atoms. The predicted molar refractivity (Wildman–Crippen MR) is 153 cm³/mol. The molecule has 0 radical (unpaired) electrons. The Kier molecular flexibility index (Phi) is 10.1. The molecular formula is C29H32BrN3O6. The lowest BCUT2D eigenvalue weighted by atomic mass is 10.1. The standard InChI is InChI=1S/C29H32BrN3O6/c1-17(2)8-7-9-18(3)12-13-38-28(35)25-27(34)31-29(36)33(32-25)21-14-19(4)26(20(5)15-21)39-22-10-11-24(37-6)23(30)16-22/h8,10-12,14-16H,7,9,13H2,1-6H3,(H,31,34,36). The highest BCUT2D eigenvalue weighted by atomic mass is 79.9. The summed E-state index contributed by atoms with van der Waals surface area (Å²) in [5, 5.41) is 4.03. The van der Waals surface area contributed by atoms with Crippen LogP contribution in [0.25, 0.3) is 5.69 Å². The summed E-state index contributed by atoms with van der Waals surface area (Å²) in [6.07, 6.45) is 5.65. The smallest absolute Gasteiger partial charge is 0.364 e. The zero-order chi connectivity index (χ0) is 28.7. The van der Waals surface area contributed by atoms with Crippen LogP contribution < -0.4 is 20.7 Å². The van der Waals surface area contributed by atoms with Crippen LogP contribution in [-0.2, 0) is 4.74 Å². The molecule has 0 atom stereocenters. The molecule has 0 aliphatic rings. The molecular weight excluding hydrogens is 566 g/mol. The number of aromatic nitrogens is 3. The molecule has 0 unspecified atom stereocenters. The summed E-state index contributed by atoms with van der Waals surface area (Å²) in [6.45, 7) is 9.66. The quantitative estimate of drug-likeness (QED) is 0.227. The molecule has 1 heterocycles. The van der Waals surface area contributed by atoms with Gasteiger partial charge in [0.25, 0.3) is 5.56 Å². The first-order valence-electron chi connectivity index (χ1n) is 12.3. The molecule has 3 aromatic rings. The molecule has 1 N–H and O–H groups in total. The van der Waals surface area contributed by atoms with Crippen LogP contribution in [0, 0.1) is 13.8 Å². The molecule has 0 saturated carbocycles. The van der Waals surface area contributed by atoms with Gasteiger partial charge in [-0.1, -0.05) is 17.2 Å². The number of methoxy groups -OCH3 is 1. The second-order valence-electron chi connectivity index (χ2n) is 9.30. The molecule has 39 heavy (non-hydrogen) atoms. The summed E-state index contributed by atoms with van der Waals surface area (Å²) < 4.78 is 18.3. The summed E-state index contributed by atoms with van der Waals surface area (Å²) in [7, 11) is 1.58. The van der Waals surface area contributed by atoms with Gasteiger partial charge in [-0.05, 0) is 111 Å². The zero-order valence-corrected chi connectivity index (χ0v) is 24.5. The van der Waals surface area contributed by atoms with Crippen LogP contribution >= 0.6 is 15.9 Å². The number of halogens is 1. The van der Waals surface area contributed by atoms with Crippen LogP contribution in [0.2, 0.25) is 0 Å². The van der Waals surface area contributed by atoms with Gasteiger partial charge >= 0.3 is 11.7 Å². The second kappa shape index (κ2) is 13.2. The van der Waals surface area contributed by atoms with Gasteiger partial charge in [-0.25, -0.2) is 9.59 Å². The van der Waals surface area contributed by atoms with Crippen LogP contribution in [0.5, 0.6) is 17.2 Å². The van der Waals surface area contributed by atoms with E-state index in [0.717, 1.165) is 38.7 Å². The third kappa shape index (κ3) is 7.79. The fourth-order valence-corrected chi connectivity index (χ4v) is 4.29. The number of nitrogens with zero attached hydrogens (tertiary/aromatic N) is 2. The molecule has 9 nitrogen and oxygen atoms in total. The van der Waals surface area contributed by atoms with Crippen LogP contribution in [0.15, 0.2) is 67.7 Å². The van der Waals surface area contributed by atoms with Gasteiger partial charge in [-0.2, -0.15) is 9.78 Å². The topological polar surface area (TPSA) is 113 Å². The summed E-state index contributed by atoms with van der Waals surface area (Å²) in [5.41, 5.74) is 1.89. The Morgan fingerprint density at radius 1 is 1.08 bits per heavy atom. The van der Waals surface area contributed by atoms with E-state index in [2.05, 4.69) is 32.1 Å². The van der Waals surface area contributed by atoms with E-state index in [9.17, 15) is 14.4 Å². The maximum atomic E-state index is 12.6. The molecule has 0 fully saturated rings. The SMILES string of the molecule is COc1ccc(Oc2c(C)cc(-n3nc(C(=O)OCC=C(C)CCC=C(C)C)c(=O)[nH]c3=O)cc2C)cc1Br. The van der Waals surface area contributed by atoms with E-state index in [1.165, 1.54) is 5.57 Å². The van der Waals surface area contributed by atoms with Crippen molar-refractivity contribution < 1.29 is 19.0 Å². The number of allylic oxidation sites excluding steroid dienone is 3. The molecule has 0 aliphatic heterocycles. The molecule has 0 bridgehead atoms. The lowest BCUT2D eigenvalue weighted by molar-refractivity contribution is 0.0537. The first kappa shape index (κ1) is 29.6. The van der Waals surface area contributed by atoms with E-state index < -0.39 is 22.9 Å². The monoisotopic (exact) mass is 597 g/mol. The lowest BCUT2D eigenvalue weighted by Crippen LogP contribution is -2.36. The highest BCUT2D eigenvalue weighted by Crippen LogP contribution is 2.34. The number of hydrogen-bond acceptors (Lipinski definition) is 7. The third-order valence-corrected chi connectivity index (χ3v) is 6.41. The van der Waals surface area contributed by atoms with Gasteiger partial charge in [0, 0.05) is 0 Å². The number of H-pyrrole nitrogens is 1. The largest absolute Gasteiger partial charge is 0.496 e. The summed E-state index contributed by atoms with van der Waals surface area (Å²) in [4.78, 5) is 39.7. The maximum Gasteiger partial charge on any atom is 0.364 e. The number of ether oxygens (including phenoxy) is 3. The predicted octanol–water partition coefficient (Wildman–Crippen LogP) is 5.95. The first-order chi connectivity index (χ1) is 18.5. The number of esters is 1. The van der Waals surface area contributed by atoms with E-state index in [0.29, 0.717) is 22.9 Å². The normalized spacial score (nSPS) is 11.2. The number of carbonyl (C=O) groups is 1. The molecule has 0 amide bonds. The highest BCUT2D eigenvalue weighted by Gasteiger charge is 2.19. The van der Waals surface area contributed by atoms with Gasteiger partial charge in [-0.15, -0.1) is 0 Å². The summed E-state index contributed by atoms with van der Waals surface area (Å²) in [5.74, 6) is 0.943. The Bertz CT molecular complexity index is 1520. The van der Waals surface area contributed by atoms with Gasteiger partial charge in [0.05, 0.1) is 17.3 Å². The molecule has 206 valence electrons. The molecule has 10 heteroatoms. The van der Waals surface area contributed by atoms with Crippen molar-refractivity contribution in [1.29, 1.82) is 0 Å². The number of hydrogen-bond donors (Lipinski definition) is 1.